The van der Waals surface area contributed by atoms with Crippen molar-refractivity contribution < 1.29 is 9.59 Å². The fourth-order valence-corrected chi connectivity index (χ4v) is 4.62. The molecule has 1 fully saturated rings. The Bertz CT molecular complexity index is 1110. The molecule has 0 saturated carbocycles. The third kappa shape index (κ3) is 2.74. The summed E-state index contributed by atoms with van der Waals surface area (Å²) in [4.78, 5) is 37.6. The van der Waals surface area contributed by atoms with Gasteiger partial charge in [-0.05, 0) is 24.5 Å². The van der Waals surface area contributed by atoms with Crippen molar-refractivity contribution in [2.24, 2.45) is 5.73 Å². The van der Waals surface area contributed by atoms with Crippen molar-refractivity contribution in [1.82, 2.24) is 14.9 Å². The minimum absolute atomic E-state index is 0.0834. The zero-order valence-corrected chi connectivity index (χ0v) is 16.4. The second-order valence-electron chi connectivity index (χ2n) is 7.67. The summed E-state index contributed by atoms with van der Waals surface area (Å²) >= 11 is 0. The van der Waals surface area contributed by atoms with Crippen LogP contribution in [0.1, 0.15) is 28.8 Å². The van der Waals surface area contributed by atoms with Gasteiger partial charge in [-0.15, -0.1) is 0 Å². The van der Waals surface area contributed by atoms with Crippen LogP contribution in [-0.4, -0.2) is 39.9 Å². The SMILES string of the molecule is NC(=O)N1CCC2(CC1)c1ccccc1C(=O)N2c1cnc(-c2ccccc2)cn1. The van der Waals surface area contributed by atoms with Crippen LogP contribution in [0.5, 0.6) is 0 Å². The van der Waals surface area contributed by atoms with Gasteiger partial charge in [-0.1, -0.05) is 48.5 Å². The molecule has 0 unspecified atom stereocenters. The van der Waals surface area contributed by atoms with Gasteiger partial charge in [-0.2, -0.15) is 0 Å². The largest absolute Gasteiger partial charge is 0.351 e. The van der Waals surface area contributed by atoms with Crippen LogP contribution < -0.4 is 10.6 Å². The molecule has 0 radical (unpaired) electrons. The van der Waals surface area contributed by atoms with Gasteiger partial charge in [0.25, 0.3) is 5.91 Å². The summed E-state index contributed by atoms with van der Waals surface area (Å²) in [6, 6.07) is 17.0. The van der Waals surface area contributed by atoms with E-state index in [0.29, 0.717) is 37.3 Å². The summed E-state index contributed by atoms with van der Waals surface area (Å²) in [6.07, 6.45) is 4.56. The maximum absolute atomic E-state index is 13.4. The molecule has 0 aliphatic carbocycles. The van der Waals surface area contributed by atoms with E-state index >= 15 is 0 Å². The van der Waals surface area contributed by atoms with Crippen molar-refractivity contribution in [3.05, 3.63) is 78.1 Å². The molecule has 1 saturated heterocycles. The number of rotatable bonds is 2. The summed E-state index contributed by atoms with van der Waals surface area (Å²) in [7, 11) is 0. The zero-order chi connectivity index (χ0) is 20.7. The molecule has 1 aromatic heterocycles. The standard InChI is InChI=1S/C23H21N5O2/c24-22(30)27-12-10-23(11-13-27)18-9-5-4-8-17(18)21(29)28(23)20-15-25-19(14-26-20)16-6-2-1-3-7-16/h1-9,14-15H,10-13H2,(H2,24,30). The number of nitrogens with two attached hydrogens (primary N) is 1. The molecule has 3 heterocycles. The number of anilines is 1. The molecule has 5 rings (SSSR count). The van der Waals surface area contributed by atoms with Crippen molar-refractivity contribution in [3.63, 3.8) is 0 Å². The summed E-state index contributed by atoms with van der Waals surface area (Å²) in [5.74, 6) is 0.434. The molecular weight excluding hydrogens is 378 g/mol. The molecule has 2 aliphatic rings. The number of hydrogen-bond acceptors (Lipinski definition) is 4. The number of benzene rings is 2. The van der Waals surface area contributed by atoms with E-state index in [0.717, 1.165) is 16.8 Å². The number of amides is 3. The predicted molar refractivity (Wildman–Crippen MR) is 113 cm³/mol. The zero-order valence-electron chi connectivity index (χ0n) is 16.4. The van der Waals surface area contributed by atoms with Gasteiger partial charge in [0.2, 0.25) is 0 Å². The Morgan fingerprint density at radius 2 is 1.63 bits per heavy atom. The third-order valence-electron chi connectivity index (χ3n) is 6.13. The summed E-state index contributed by atoms with van der Waals surface area (Å²) in [5, 5.41) is 0. The van der Waals surface area contributed by atoms with Gasteiger partial charge in [0.1, 0.15) is 0 Å². The number of hydrogen-bond donors (Lipinski definition) is 1. The van der Waals surface area contributed by atoms with Crippen molar-refractivity contribution in [3.8, 4) is 11.3 Å². The first-order valence-electron chi connectivity index (χ1n) is 9.96. The van der Waals surface area contributed by atoms with Crippen molar-refractivity contribution in [2.45, 2.75) is 18.4 Å². The summed E-state index contributed by atoms with van der Waals surface area (Å²) in [6.45, 7) is 0.978. The van der Waals surface area contributed by atoms with Crippen LogP contribution in [0.2, 0.25) is 0 Å². The Morgan fingerprint density at radius 3 is 2.30 bits per heavy atom. The summed E-state index contributed by atoms with van der Waals surface area (Å²) < 4.78 is 0. The highest BCUT2D eigenvalue weighted by atomic mass is 16.2. The normalized spacial score (nSPS) is 17.3. The highest BCUT2D eigenvalue weighted by Gasteiger charge is 2.52. The lowest BCUT2D eigenvalue weighted by molar-refractivity contribution is 0.0951. The minimum atomic E-state index is -0.553. The number of nitrogens with zero attached hydrogens (tertiary/aromatic N) is 4. The number of carbonyl (C=O) groups is 2. The van der Waals surface area contributed by atoms with Crippen LogP contribution in [0.3, 0.4) is 0 Å². The van der Waals surface area contributed by atoms with Crippen molar-refractivity contribution in [2.75, 3.05) is 18.0 Å². The molecule has 7 heteroatoms. The Labute approximate surface area is 174 Å². The topological polar surface area (TPSA) is 92.4 Å². The molecule has 0 bridgehead atoms. The van der Waals surface area contributed by atoms with Crippen LogP contribution in [0.15, 0.2) is 67.0 Å². The van der Waals surface area contributed by atoms with E-state index in [9.17, 15) is 9.59 Å². The van der Waals surface area contributed by atoms with Gasteiger partial charge >= 0.3 is 6.03 Å². The van der Waals surface area contributed by atoms with E-state index in [-0.39, 0.29) is 5.91 Å². The van der Waals surface area contributed by atoms with Gasteiger partial charge in [-0.3, -0.25) is 14.7 Å². The monoisotopic (exact) mass is 399 g/mol. The van der Waals surface area contributed by atoms with Crippen LogP contribution in [0, 0.1) is 0 Å². The van der Waals surface area contributed by atoms with E-state index < -0.39 is 11.6 Å². The van der Waals surface area contributed by atoms with E-state index in [1.54, 1.807) is 22.2 Å². The van der Waals surface area contributed by atoms with E-state index in [1.165, 1.54) is 0 Å². The Hall–Kier alpha value is -3.74. The third-order valence-corrected chi connectivity index (χ3v) is 6.13. The fraction of sp³-hybridized carbons (Fsp3) is 0.217. The van der Waals surface area contributed by atoms with Crippen LogP contribution >= 0.6 is 0 Å². The van der Waals surface area contributed by atoms with Crippen molar-refractivity contribution in [1.29, 1.82) is 0 Å². The molecule has 3 aromatic rings. The van der Waals surface area contributed by atoms with E-state index in [2.05, 4.69) is 9.97 Å². The first-order valence-corrected chi connectivity index (χ1v) is 9.96. The molecule has 150 valence electrons. The van der Waals surface area contributed by atoms with Gasteiger partial charge in [0.15, 0.2) is 5.82 Å². The van der Waals surface area contributed by atoms with Gasteiger partial charge in [0.05, 0.1) is 23.6 Å². The fourth-order valence-electron chi connectivity index (χ4n) is 4.62. The molecule has 1 spiro atoms. The Kier molecular flexibility index (Phi) is 4.24. The second-order valence-corrected chi connectivity index (χ2v) is 7.67. The molecule has 0 atom stereocenters. The number of primary amides is 1. The van der Waals surface area contributed by atoms with Crippen LogP contribution in [0.25, 0.3) is 11.3 Å². The average molecular weight is 399 g/mol. The molecular formula is C23H21N5O2. The highest BCUT2D eigenvalue weighted by molar-refractivity contribution is 6.11. The van der Waals surface area contributed by atoms with Gasteiger partial charge in [0, 0.05) is 24.2 Å². The van der Waals surface area contributed by atoms with Crippen molar-refractivity contribution >= 4 is 17.8 Å². The molecule has 2 N–H and O–H groups in total. The summed E-state index contributed by atoms with van der Waals surface area (Å²) in [5.41, 5.74) is 8.30. The number of urea groups is 1. The Morgan fingerprint density at radius 1 is 0.933 bits per heavy atom. The van der Waals surface area contributed by atoms with Crippen LogP contribution in [0.4, 0.5) is 10.6 Å². The van der Waals surface area contributed by atoms with E-state index in [1.807, 2.05) is 54.6 Å². The van der Waals surface area contributed by atoms with Gasteiger partial charge in [-0.25, -0.2) is 9.78 Å². The maximum Gasteiger partial charge on any atom is 0.314 e. The predicted octanol–water partition coefficient (Wildman–Crippen LogP) is 3.17. The average Bonchev–Trinajstić information content (AvgIpc) is 3.03. The minimum Gasteiger partial charge on any atom is -0.351 e. The lowest BCUT2D eigenvalue weighted by atomic mass is 9.81. The number of likely N-dealkylation sites (tertiary alicyclic amines) is 1. The number of carbonyl (C=O) groups excluding carboxylic acids is 2. The molecule has 3 amide bonds. The van der Waals surface area contributed by atoms with Crippen LogP contribution in [-0.2, 0) is 5.54 Å². The smallest absolute Gasteiger partial charge is 0.314 e. The number of aromatic nitrogens is 2. The molecule has 2 aliphatic heterocycles. The first-order chi connectivity index (χ1) is 14.6. The quantitative estimate of drug-likeness (QED) is 0.716. The lowest BCUT2D eigenvalue weighted by Gasteiger charge is -2.44. The molecule has 2 aromatic carbocycles. The molecule has 30 heavy (non-hydrogen) atoms. The highest BCUT2D eigenvalue weighted by Crippen LogP contribution is 2.47. The molecule has 7 nitrogen and oxygen atoms in total. The van der Waals surface area contributed by atoms with Gasteiger partial charge < -0.3 is 10.6 Å². The maximum atomic E-state index is 13.4. The first kappa shape index (κ1) is 18.3. The van der Waals surface area contributed by atoms with E-state index in [4.69, 9.17) is 5.73 Å². The Balaban J connectivity index is 1.55. The number of piperidine rings is 1. The lowest BCUT2D eigenvalue weighted by Crippen LogP contribution is -2.54. The second kappa shape index (κ2) is 6.95. The number of fused-ring (bicyclic) bond motifs is 2.